The van der Waals surface area contributed by atoms with Gasteiger partial charge in [-0.15, -0.1) is 0 Å². The molecule has 1 saturated heterocycles. The summed E-state index contributed by atoms with van der Waals surface area (Å²) in [6.45, 7) is 3.81. The van der Waals surface area contributed by atoms with Crippen LogP contribution in [-0.2, 0) is 0 Å². The summed E-state index contributed by atoms with van der Waals surface area (Å²) in [5.41, 5.74) is 3.25. The molecule has 5 nitrogen and oxygen atoms in total. The van der Waals surface area contributed by atoms with Crippen molar-refractivity contribution in [1.82, 2.24) is 24.2 Å². The highest BCUT2D eigenvalue weighted by molar-refractivity contribution is 6.15. The quantitative estimate of drug-likeness (QED) is 0.708. The Morgan fingerprint density at radius 2 is 1.71 bits per heavy atom. The molecule has 1 fully saturated rings. The molecule has 84 valence electrons. The van der Waals surface area contributed by atoms with Crippen LogP contribution in [0.1, 0.15) is 0 Å². The highest BCUT2D eigenvalue weighted by Gasteiger charge is 2.20. The van der Waals surface area contributed by atoms with Crippen LogP contribution in [0.3, 0.4) is 0 Å². The first kappa shape index (κ1) is 12.4. The normalized spacial score (nSPS) is 22.1. The second kappa shape index (κ2) is 6.07. The van der Waals surface area contributed by atoms with Crippen LogP contribution < -0.4 is 5.43 Å². The summed E-state index contributed by atoms with van der Waals surface area (Å²) in [6.07, 6.45) is 0. The molecule has 0 aromatic rings. The molecule has 0 unspecified atom stereocenters. The lowest BCUT2D eigenvalue weighted by atomic mass is 10.6. The van der Waals surface area contributed by atoms with Crippen LogP contribution in [0.2, 0.25) is 0 Å². The second-order valence-corrected chi connectivity index (χ2v) is 4.56. The monoisotopic (exact) mass is 241 g/mol. The maximum Gasteiger partial charge on any atom is 0.0828 e. The van der Waals surface area contributed by atoms with Gasteiger partial charge in [-0.05, 0) is 37.6 Å². The van der Waals surface area contributed by atoms with Gasteiger partial charge in [0.15, 0.2) is 0 Å². The van der Waals surface area contributed by atoms with Gasteiger partial charge in [0.2, 0.25) is 0 Å². The third-order valence-electron chi connectivity index (χ3n) is 1.85. The molecule has 0 amide bonds. The standard InChI is InChI=1S/C7H17Cl2N5/c1-11(2)4-3-10-14-6-12(8)5-13(9)7-14/h10H,3-7H2,1-2H3. The molecule has 0 aromatic heterocycles. The zero-order valence-electron chi connectivity index (χ0n) is 8.58. The van der Waals surface area contributed by atoms with E-state index in [0.717, 1.165) is 13.1 Å². The van der Waals surface area contributed by atoms with Gasteiger partial charge in [-0.3, -0.25) is 5.43 Å². The number of nitrogens with one attached hydrogen (secondary N) is 1. The summed E-state index contributed by atoms with van der Waals surface area (Å²) in [4.78, 5) is 2.12. The van der Waals surface area contributed by atoms with Crippen LogP contribution in [0.25, 0.3) is 0 Å². The largest absolute Gasteiger partial charge is 0.308 e. The lowest BCUT2D eigenvalue weighted by Gasteiger charge is -2.35. The van der Waals surface area contributed by atoms with Crippen LogP contribution in [0.15, 0.2) is 0 Å². The third-order valence-corrected chi connectivity index (χ3v) is 2.28. The minimum Gasteiger partial charge on any atom is -0.308 e. The zero-order valence-corrected chi connectivity index (χ0v) is 10.1. The van der Waals surface area contributed by atoms with Gasteiger partial charge in [-0.25, -0.2) is 5.01 Å². The van der Waals surface area contributed by atoms with Crippen LogP contribution in [-0.4, -0.2) is 65.9 Å². The Bertz CT molecular complexity index is 158. The summed E-state index contributed by atoms with van der Waals surface area (Å²) in [7, 11) is 4.08. The molecule has 7 heteroatoms. The van der Waals surface area contributed by atoms with E-state index in [2.05, 4.69) is 10.3 Å². The van der Waals surface area contributed by atoms with Crippen molar-refractivity contribution in [2.75, 3.05) is 47.2 Å². The van der Waals surface area contributed by atoms with Gasteiger partial charge < -0.3 is 4.90 Å². The Labute approximate surface area is 95.3 Å². The van der Waals surface area contributed by atoms with Crippen molar-refractivity contribution < 1.29 is 0 Å². The molecule has 1 rings (SSSR count). The molecule has 14 heavy (non-hydrogen) atoms. The molecule has 1 heterocycles. The third kappa shape index (κ3) is 4.75. The maximum atomic E-state index is 5.86. The molecular weight excluding hydrogens is 225 g/mol. The molecule has 0 radical (unpaired) electrons. The fourth-order valence-electron chi connectivity index (χ4n) is 1.20. The smallest absolute Gasteiger partial charge is 0.0828 e. The average molecular weight is 242 g/mol. The maximum absolute atomic E-state index is 5.86. The topological polar surface area (TPSA) is 25.0 Å². The molecule has 0 aliphatic carbocycles. The minimum absolute atomic E-state index is 0.578. The van der Waals surface area contributed by atoms with E-state index in [1.54, 1.807) is 8.84 Å². The summed E-state index contributed by atoms with van der Waals surface area (Å²) in [6, 6.07) is 0. The molecular formula is C7H17Cl2N5. The van der Waals surface area contributed by atoms with Crippen molar-refractivity contribution in [3.8, 4) is 0 Å². The first-order valence-electron chi connectivity index (χ1n) is 4.52. The molecule has 0 saturated carbocycles. The molecule has 0 atom stereocenters. The Morgan fingerprint density at radius 3 is 2.21 bits per heavy atom. The minimum atomic E-state index is 0.578. The Hall–Kier alpha value is 0.380. The Balaban J connectivity index is 2.17. The lowest BCUT2D eigenvalue weighted by Crippen LogP contribution is -2.54. The first-order chi connectivity index (χ1) is 6.58. The summed E-state index contributed by atoms with van der Waals surface area (Å²) in [5, 5.41) is 1.98. The molecule has 1 aliphatic heterocycles. The van der Waals surface area contributed by atoms with Gasteiger partial charge in [0, 0.05) is 13.1 Å². The number of hydrogen-bond acceptors (Lipinski definition) is 5. The highest BCUT2D eigenvalue weighted by atomic mass is 35.5. The van der Waals surface area contributed by atoms with Crippen LogP contribution in [0, 0.1) is 0 Å². The summed E-state index contributed by atoms with van der Waals surface area (Å²) >= 11 is 11.7. The van der Waals surface area contributed by atoms with Gasteiger partial charge in [-0.1, -0.05) is 0 Å². The van der Waals surface area contributed by atoms with Crippen LogP contribution in [0.5, 0.6) is 0 Å². The van der Waals surface area contributed by atoms with E-state index in [1.165, 1.54) is 0 Å². The summed E-state index contributed by atoms with van der Waals surface area (Å²) in [5.74, 6) is 0. The molecule has 1 aliphatic rings. The van der Waals surface area contributed by atoms with Crippen molar-refractivity contribution >= 4 is 23.6 Å². The van der Waals surface area contributed by atoms with Crippen molar-refractivity contribution in [3.63, 3.8) is 0 Å². The van der Waals surface area contributed by atoms with Gasteiger partial charge in [0.05, 0.1) is 20.0 Å². The van der Waals surface area contributed by atoms with E-state index in [9.17, 15) is 0 Å². The number of halogens is 2. The molecule has 0 spiro atoms. The van der Waals surface area contributed by atoms with E-state index in [-0.39, 0.29) is 0 Å². The van der Waals surface area contributed by atoms with Crippen molar-refractivity contribution in [3.05, 3.63) is 0 Å². The van der Waals surface area contributed by atoms with Gasteiger partial charge in [0.1, 0.15) is 0 Å². The number of nitrogens with zero attached hydrogens (tertiary/aromatic N) is 4. The van der Waals surface area contributed by atoms with E-state index < -0.39 is 0 Å². The number of likely N-dealkylation sites (N-methyl/N-ethyl adjacent to an activating group) is 1. The molecule has 1 N–H and O–H groups in total. The first-order valence-corrected chi connectivity index (χ1v) is 5.20. The van der Waals surface area contributed by atoms with Crippen LogP contribution >= 0.6 is 23.6 Å². The molecule has 0 aromatic carbocycles. The Morgan fingerprint density at radius 1 is 1.14 bits per heavy atom. The number of hydrazine groups is 1. The predicted molar refractivity (Wildman–Crippen MR) is 58.4 cm³/mol. The number of rotatable bonds is 4. The highest BCUT2D eigenvalue weighted by Crippen LogP contribution is 2.08. The second-order valence-electron chi connectivity index (χ2n) is 3.60. The molecule has 0 bridgehead atoms. The van der Waals surface area contributed by atoms with Gasteiger partial charge in [0.25, 0.3) is 0 Å². The van der Waals surface area contributed by atoms with Crippen molar-refractivity contribution in [2.24, 2.45) is 0 Å². The van der Waals surface area contributed by atoms with E-state index in [4.69, 9.17) is 23.6 Å². The van der Waals surface area contributed by atoms with E-state index in [1.807, 2.05) is 19.1 Å². The lowest BCUT2D eigenvalue weighted by molar-refractivity contribution is 0.0242. The van der Waals surface area contributed by atoms with E-state index in [0.29, 0.717) is 20.0 Å². The van der Waals surface area contributed by atoms with Gasteiger partial charge >= 0.3 is 0 Å². The van der Waals surface area contributed by atoms with E-state index >= 15 is 0 Å². The van der Waals surface area contributed by atoms with Crippen molar-refractivity contribution in [1.29, 1.82) is 0 Å². The zero-order chi connectivity index (χ0) is 10.6. The number of hydrogen-bond donors (Lipinski definition) is 1. The SMILES string of the molecule is CN(C)CCNN1CN(Cl)CN(Cl)C1. The van der Waals surface area contributed by atoms with Crippen molar-refractivity contribution in [2.45, 2.75) is 0 Å². The fraction of sp³-hybridized carbons (Fsp3) is 1.00. The summed E-state index contributed by atoms with van der Waals surface area (Å²) < 4.78 is 3.25. The average Bonchev–Trinajstić information content (AvgIpc) is 2.01. The predicted octanol–water partition coefficient (Wildman–Crippen LogP) is 0.152. The fourth-order valence-corrected chi connectivity index (χ4v) is 1.77. The Kier molecular flexibility index (Phi) is 5.40. The van der Waals surface area contributed by atoms with Gasteiger partial charge in [-0.2, -0.15) is 8.84 Å². The van der Waals surface area contributed by atoms with Crippen LogP contribution in [0.4, 0.5) is 0 Å².